The van der Waals surface area contributed by atoms with Crippen LogP contribution < -0.4 is 11.0 Å². The van der Waals surface area contributed by atoms with Gasteiger partial charge < -0.3 is 13.9 Å². The zero-order valence-corrected chi connectivity index (χ0v) is 13.6. The lowest BCUT2D eigenvalue weighted by Crippen LogP contribution is -2.41. The van der Waals surface area contributed by atoms with E-state index in [4.69, 9.17) is 9.31 Å². The molecule has 1 aromatic heterocycles. The number of aromatic nitrogens is 1. The molecule has 1 aliphatic heterocycles. The second kappa shape index (κ2) is 5.36. The Morgan fingerprint density at radius 3 is 2.29 bits per heavy atom. The molecule has 0 radical (unpaired) electrons. The third kappa shape index (κ3) is 2.92. The summed E-state index contributed by atoms with van der Waals surface area (Å²) in [4.78, 5) is 12.0. The fraction of sp³-hybridized carbons (Fsp3) is 0.562. The third-order valence-electron chi connectivity index (χ3n) is 4.26. The lowest BCUT2D eigenvalue weighted by atomic mass is 9.80. The van der Waals surface area contributed by atoms with E-state index in [1.165, 1.54) is 6.07 Å². The summed E-state index contributed by atoms with van der Waals surface area (Å²) in [6.07, 6.45) is 1.78. The minimum atomic E-state index is -0.469. The smallest absolute Gasteiger partial charge is 0.399 e. The highest BCUT2D eigenvalue weighted by Gasteiger charge is 2.51. The summed E-state index contributed by atoms with van der Waals surface area (Å²) in [5, 5.41) is 0. The maximum absolute atomic E-state index is 12.0. The van der Waals surface area contributed by atoms with Crippen molar-refractivity contribution in [2.24, 2.45) is 0 Å². The molecule has 1 saturated heterocycles. The Kier molecular flexibility index (Phi) is 4.05. The molecule has 1 atom stereocenters. The first-order chi connectivity index (χ1) is 9.68. The van der Waals surface area contributed by atoms with Crippen LogP contribution in [0.1, 0.15) is 47.6 Å². The largest absolute Gasteiger partial charge is 0.496 e. The highest BCUT2D eigenvalue weighted by atomic mass is 16.7. The van der Waals surface area contributed by atoms with Crippen LogP contribution in [0.5, 0.6) is 0 Å². The van der Waals surface area contributed by atoms with Crippen molar-refractivity contribution in [2.45, 2.75) is 58.8 Å². The molecule has 1 aliphatic rings. The first-order valence-corrected chi connectivity index (χ1v) is 7.18. The summed E-state index contributed by atoms with van der Waals surface area (Å²) >= 11 is 0. The predicted molar refractivity (Wildman–Crippen MR) is 84.6 cm³/mol. The molecule has 112 valence electrons. The quantitative estimate of drug-likeness (QED) is 0.614. The molecule has 0 aliphatic carbocycles. The van der Waals surface area contributed by atoms with Gasteiger partial charge in [0.2, 0.25) is 0 Å². The average molecular weight is 287 g/mol. The lowest BCUT2D eigenvalue weighted by molar-refractivity contribution is 0.00578. The minimum absolute atomic E-state index is 0.0782. The van der Waals surface area contributed by atoms with Crippen LogP contribution >= 0.6 is 0 Å². The van der Waals surface area contributed by atoms with Gasteiger partial charge in [0.1, 0.15) is 0 Å². The number of rotatable bonds is 2. The van der Waals surface area contributed by atoms with E-state index in [9.17, 15) is 4.79 Å². The second-order valence-corrected chi connectivity index (χ2v) is 6.37. The molecular formula is C16H22BNO3. The molecule has 1 unspecified atom stereocenters. The Morgan fingerprint density at radius 1 is 1.19 bits per heavy atom. The first-order valence-electron chi connectivity index (χ1n) is 7.18. The van der Waals surface area contributed by atoms with Crippen LogP contribution in [0.2, 0.25) is 0 Å². The van der Waals surface area contributed by atoms with Gasteiger partial charge in [0.15, 0.2) is 0 Å². The number of pyridine rings is 1. The molecule has 0 aromatic carbocycles. The molecule has 2 heterocycles. The maximum atomic E-state index is 12.0. The fourth-order valence-electron chi connectivity index (χ4n) is 2.22. The molecule has 0 N–H and O–H groups in total. The van der Waals surface area contributed by atoms with E-state index in [2.05, 4.69) is 11.8 Å². The fourth-order valence-corrected chi connectivity index (χ4v) is 2.22. The zero-order chi connectivity index (χ0) is 15.8. The highest BCUT2D eigenvalue weighted by Crippen LogP contribution is 2.36. The highest BCUT2D eigenvalue weighted by molar-refractivity contribution is 6.62. The van der Waals surface area contributed by atoms with Crippen LogP contribution in [0.15, 0.2) is 23.1 Å². The number of hydrogen-bond acceptors (Lipinski definition) is 3. The van der Waals surface area contributed by atoms with Gasteiger partial charge in [-0.15, -0.1) is 5.92 Å². The summed E-state index contributed by atoms with van der Waals surface area (Å²) in [7, 11) is -0.469. The SMILES string of the molecule is CC#CC(C)n1cc(B2OC(C)(C)C(C)(C)O2)ccc1=O. The van der Waals surface area contributed by atoms with E-state index in [0.29, 0.717) is 0 Å². The minimum Gasteiger partial charge on any atom is -0.399 e. The molecule has 0 bridgehead atoms. The van der Waals surface area contributed by atoms with E-state index in [1.807, 2.05) is 34.6 Å². The Hall–Kier alpha value is -1.51. The van der Waals surface area contributed by atoms with Crippen molar-refractivity contribution in [1.29, 1.82) is 0 Å². The van der Waals surface area contributed by atoms with Crippen molar-refractivity contribution in [2.75, 3.05) is 0 Å². The van der Waals surface area contributed by atoms with Crippen LogP contribution in [-0.2, 0) is 9.31 Å². The van der Waals surface area contributed by atoms with Crippen molar-refractivity contribution in [3.63, 3.8) is 0 Å². The van der Waals surface area contributed by atoms with Gasteiger partial charge in [0.05, 0.1) is 17.2 Å². The topological polar surface area (TPSA) is 40.5 Å². The Balaban J connectivity index is 2.37. The van der Waals surface area contributed by atoms with Crippen molar-refractivity contribution < 1.29 is 9.31 Å². The van der Waals surface area contributed by atoms with Gasteiger partial charge in [-0.2, -0.15) is 0 Å². The molecule has 0 amide bonds. The van der Waals surface area contributed by atoms with Crippen LogP contribution in [0.4, 0.5) is 0 Å². The molecule has 0 spiro atoms. The molecular weight excluding hydrogens is 265 g/mol. The Labute approximate surface area is 126 Å². The number of nitrogens with zero attached hydrogens (tertiary/aromatic N) is 1. The third-order valence-corrected chi connectivity index (χ3v) is 4.26. The Morgan fingerprint density at radius 2 is 1.76 bits per heavy atom. The zero-order valence-electron chi connectivity index (χ0n) is 13.6. The summed E-state index contributed by atoms with van der Waals surface area (Å²) in [5.74, 6) is 5.82. The molecule has 1 aromatic rings. The second-order valence-electron chi connectivity index (χ2n) is 6.37. The van der Waals surface area contributed by atoms with E-state index < -0.39 is 18.3 Å². The average Bonchev–Trinajstić information content (AvgIpc) is 2.59. The van der Waals surface area contributed by atoms with Crippen LogP contribution in [0, 0.1) is 11.8 Å². The van der Waals surface area contributed by atoms with E-state index in [0.717, 1.165) is 5.46 Å². The van der Waals surface area contributed by atoms with E-state index >= 15 is 0 Å². The van der Waals surface area contributed by atoms with Crippen molar-refractivity contribution in [3.05, 3.63) is 28.7 Å². The van der Waals surface area contributed by atoms with Crippen LogP contribution in [0.25, 0.3) is 0 Å². The van der Waals surface area contributed by atoms with Gasteiger partial charge in [-0.25, -0.2) is 0 Å². The lowest BCUT2D eigenvalue weighted by Gasteiger charge is -2.32. The molecule has 4 nitrogen and oxygen atoms in total. The van der Waals surface area contributed by atoms with Crippen LogP contribution in [0.3, 0.4) is 0 Å². The van der Waals surface area contributed by atoms with Crippen molar-refractivity contribution >= 4 is 12.6 Å². The summed E-state index contributed by atoms with van der Waals surface area (Å²) in [6.45, 7) is 11.7. The summed E-state index contributed by atoms with van der Waals surface area (Å²) in [5.41, 5.74) is -0.0375. The monoisotopic (exact) mass is 287 g/mol. The van der Waals surface area contributed by atoms with E-state index in [-0.39, 0.29) is 11.6 Å². The number of hydrogen-bond donors (Lipinski definition) is 0. The summed E-state index contributed by atoms with van der Waals surface area (Å²) < 4.78 is 13.6. The van der Waals surface area contributed by atoms with Gasteiger partial charge >= 0.3 is 7.12 Å². The normalized spacial score (nSPS) is 20.8. The van der Waals surface area contributed by atoms with Gasteiger partial charge in [0.25, 0.3) is 5.56 Å². The molecule has 5 heteroatoms. The van der Waals surface area contributed by atoms with Gasteiger partial charge in [-0.3, -0.25) is 4.79 Å². The van der Waals surface area contributed by atoms with Crippen LogP contribution in [-0.4, -0.2) is 22.9 Å². The van der Waals surface area contributed by atoms with E-state index in [1.54, 1.807) is 23.8 Å². The Bertz CT molecular complexity index is 635. The molecule has 21 heavy (non-hydrogen) atoms. The van der Waals surface area contributed by atoms with Crippen molar-refractivity contribution in [3.8, 4) is 11.8 Å². The van der Waals surface area contributed by atoms with Gasteiger partial charge in [-0.1, -0.05) is 12.0 Å². The maximum Gasteiger partial charge on any atom is 0.496 e. The van der Waals surface area contributed by atoms with Crippen molar-refractivity contribution in [1.82, 2.24) is 4.57 Å². The molecule has 0 saturated carbocycles. The summed E-state index contributed by atoms with van der Waals surface area (Å²) in [6, 6.07) is 3.12. The van der Waals surface area contributed by atoms with Gasteiger partial charge in [0, 0.05) is 12.3 Å². The predicted octanol–water partition coefficient (Wildman–Crippen LogP) is 1.73. The standard InChI is InChI=1S/C16H22BNO3/c1-7-8-12(2)18-11-13(9-10-14(18)19)17-20-15(3,4)16(5,6)21-17/h9-12H,1-6H3. The molecule has 1 fully saturated rings. The molecule has 2 rings (SSSR count). The van der Waals surface area contributed by atoms with Gasteiger partial charge in [-0.05, 0) is 47.0 Å². The first kappa shape index (κ1) is 15.9.